The Morgan fingerprint density at radius 1 is 1.00 bits per heavy atom. The number of carbonyl (C=O) groups is 2. The largest absolute Gasteiger partial charge is 0.452 e. The molecule has 0 saturated carbocycles. The van der Waals surface area contributed by atoms with Gasteiger partial charge in [-0.25, -0.2) is 4.79 Å². The molecule has 31 heavy (non-hydrogen) atoms. The molecule has 4 rings (SSSR count). The lowest BCUT2D eigenvalue weighted by Gasteiger charge is -2.13. The summed E-state index contributed by atoms with van der Waals surface area (Å²) in [6.07, 6.45) is 1.50. The first kappa shape index (κ1) is 21.4. The van der Waals surface area contributed by atoms with Gasteiger partial charge in [0, 0.05) is 21.2 Å². The van der Waals surface area contributed by atoms with Gasteiger partial charge < -0.3 is 9.47 Å². The number of rotatable bonds is 4. The molecule has 1 aliphatic rings. The molecule has 0 saturated heterocycles. The fourth-order valence-corrected chi connectivity index (χ4v) is 3.87. The van der Waals surface area contributed by atoms with Crippen molar-refractivity contribution in [3.05, 3.63) is 98.7 Å². The van der Waals surface area contributed by atoms with Crippen LogP contribution < -0.4 is 9.47 Å². The first-order valence-corrected chi connectivity index (χ1v) is 10.5. The van der Waals surface area contributed by atoms with Gasteiger partial charge in [0.25, 0.3) is 0 Å². The summed E-state index contributed by atoms with van der Waals surface area (Å²) in [7, 11) is 0. The van der Waals surface area contributed by atoms with Crippen molar-refractivity contribution in [3.63, 3.8) is 0 Å². The van der Waals surface area contributed by atoms with Gasteiger partial charge >= 0.3 is 5.97 Å². The second-order valence-electron chi connectivity index (χ2n) is 6.83. The number of esters is 1. The Morgan fingerprint density at radius 3 is 2.35 bits per heavy atom. The molecule has 0 amide bonds. The third kappa shape index (κ3) is 4.19. The van der Waals surface area contributed by atoms with Crippen molar-refractivity contribution in [2.75, 3.05) is 0 Å². The van der Waals surface area contributed by atoms with Crippen molar-refractivity contribution in [2.24, 2.45) is 0 Å². The molecular formula is C24H15Cl3O4. The highest BCUT2D eigenvalue weighted by molar-refractivity contribution is 6.37. The Kier molecular flexibility index (Phi) is 6.05. The molecule has 7 heteroatoms. The molecule has 0 aliphatic carbocycles. The normalized spacial score (nSPS) is 14.8. The van der Waals surface area contributed by atoms with Gasteiger partial charge in [0.1, 0.15) is 11.5 Å². The molecule has 156 valence electrons. The highest BCUT2D eigenvalue weighted by Crippen LogP contribution is 2.40. The Hall–Kier alpha value is -2.79. The number of halogens is 3. The maximum atomic E-state index is 12.8. The summed E-state index contributed by atoms with van der Waals surface area (Å²) in [6, 6.07) is 17.0. The fourth-order valence-electron chi connectivity index (χ4n) is 3.18. The van der Waals surface area contributed by atoms with E-state index < -0.39 is 11.3 Å². The lowest BCUT2D eigenvalue weighted by molar-refractivity contribution is -0.134. The number of benzene rings is 3. The predicted octanol–water partition coefficient (Wildman–Crippen LogP) is 6.80. The third-order valence-electron chi connectivity index (χ3n) is 4.82. The third-order valence-corrected chi connectivity index (χ3v) is 5.91. The van der Waals surface area contributed by atoms with Crippen LogP contribution in [0.3, 0.4) is 0 Å². The van der Waals surface area contributed by atoms with Crippen molar-refractivity contribution in [2.45, 2.75) is 12.3 Å². The number of ketones is 1. The van der Waals surface area contributed by atoms with E-state index in [1.807, 2.05) is 6.07 Å². The molecule has 0 spiro atoms. The Morgan fingerprint density at radius 2 is 1.68 bits per heavy atom. The van der Waals surface area contributed by atoms with Crippen LogP contribution >= 0.6 is 34.8 Å². The van der Waals surface area contributed by atoms with E-state index in [4.69, 9.17) is 44.3 Å². The van der Waals surface area contributed by atoms with Crippen LogP contribution in [0.4, 0.5) is 0 Å². The van der Waals surface area contributed by atoms with Crippen molar-refractivity contribution in [1.82, 2.24) is 0 Å². The molecule has 0 N–H and O–H groups in total. The molecule has 1 atom stereocenters. The highest BCUT2D eigenvalue weighted by Gasteiger charge is 2.31. The molecule has 0 radical (unpaired) electrons. The molecule has 0 fully saturated rings. The van der Waals surface area contributed by atoms with E-state index in [9.17, 15) is 9.59 Å². The van der Waals surface area contributed by atoms with Gasteiger partial charge in [0.2, 0.25) is 5.78 Å². The average Bonchev–Trinajstić information content (AvgIpc) is 3.09. The van der Waals surface area contributed by atoms with Crippen molar-refractivity contribution < 1.29 is 19.1 Å². The van der Waals surface area contributed by atoms with Crippen LogP contribution in [-0.2, 0) is 4.79 Å². The van der Waals surface area contributed by atoms with Gasteiger partial charge in [-0.1, -0.05) is 59.6 Å². The first-order valence-electron chi connectivity index (χ1n) is 9.29. The summed E-state index contributed by atoms with van der Waals surface area (Å²) < 4.78 is 11.3. The minimum atomic E-state index is -0.964. The van der Waals surface area contributed by atoms with Gasteiger partial charge in [0.05, 0.1) is 5.56 Å². The monoisotopic (exact) mass is 472 g/mol. The van der Waals surface area contributed by atoms with E-state index in [1.165, 1.54) is 6.08 Å². The van der Waals surface area contributed by atoms with E-state index in [0.29, 0.717) is 38.0 Å². The summed E-state index contributed by atoms with van der Waals surface area (Å²) >= 11 is 18.6. The summed E-state index contributed by atoms with van der Waals surface area (Å²) in [5.41, 5.74) is 1.97. The Bertz CT molecular complexity index is 1200. The molecule has 0 bridgehead atoms. The number of alkyl halides is 1. The number of hydrogen-bond donors (Lipinski definition) is 0. The van der Waals surface area contributed by atoms with E-state index in [2.05, 4.69) is 0 Å². The SMILES string of the molecule is Cc1c(OC(=O)C(Cl)c2ccccc2)ccc2c1O/C(=C\c1c(Cl)cccc1Cl)C2=O. The topological polar surface area (TPSA) is 52.6 Å². The lowest BCUT2D eigenvalue weighted by Crippen LogP contribution is -2.15. The van der Waals surface area contributed by atoms with Gasteiger partial charge in [-0.05, 0) is 42.8 Å². The smallest absolute Gasteiger partial charge is 0.334 e. The lowest BCUT2D eigenvalue weighted by atomic mass is 10.1. The fraction of sp³-hybridized carbons (Fsp3) is 0.0833. The second kappa shape index (κ2) is 8.75. The summed E-state index contributed by atoms with van der Waals surface area (Å²) in [6.45, 7) is 1.70. The minimum absolute atomic E-state index is 0.0797. The standard InChI is InChI=1S/C24H15Cl3O4/c1-13-19(31-24(29)21(27)14-6-3-2-4-7-14)11-10-15-22(28)20(30-23(13)15)12-16-17(25)8-5-9-18(16)26/h2-12,21H,1H3/b20-12-. The van der Waals surface area contributed by atoms with Crippen LogP contribution in [0.25, 0.3) is 6.08 Å². The second-order valence-corrected chi connectivity index (χ2v) is 8.09. The van der Waals surface area contributed by atoms with E-state index in [0.717, 1.165) is 0 Å². The van der Waals surface area contributed by atoms with Crippen LogP contribution in [0.15, 0.2) is 66.4 Å². The van der Waals surface area contributed by atoms with E-state index >= 15 is 0 Å². The Balaban J connectivity index is 1.61. The van der Waals surface area contributed by atoms with Gasteiger partial charge in [-0.15, -0.1) is 11.6 Å². The predicted molar refractivity (Wildman–Crippen MR) is 121 cm³/mol. The van der Waals surface area contributed by atoms with Crippen LogP contribution in [0.2, 0.25) is 10.0 Å². The number of ether oxygens (including phenoxy) is 2. The van der Waals surface area contributed by atoms with Crippen LogP contribution in [0.5, 0.6) is 11.5 Å². The first-order chi connectivity index (χ1) is 14.9. The summed E-state index contributed by atoms with van der Waals surface area (Å²) in [4.78, 5) is 25.3. The molecule has 1 heterocycles. The zero-order valence-corrected chi connectivity index (χ0v) is 18.5. The zero-order valence-electron chi connectivity index (χ0n) is 16.2. The number of carbonyl (C=O) groups excluding carboxylic acids is 2. The molecule has 3 aromatic rings. The van der Waals surface area contributed by atoms with Crippen molar-refractivity contribution >= 4 is 52.6 Å². The van der Waals surface area contributed by atoms with Crippen LogP contribution in [0.1, 0.15) is 32.4 Å². The van der Waals surface area contributed by atoms with E-state index in [-0.39, 0.29) is 17.3 Å². The molecule has 1 unspecified atom stereocenters. The number of hydrogen-bond acceptors (Lipinski definition) is 4. The molecular weight excluding hydrogens is 459 g/mol. The zero-order chi connectivity index (χ0) is 22.1. The van der Waals surface area contributed by atoms with Gasteiger partial charge in [-0.2, -0.15) is 0 Å². The van der Waals surface area contributed by atoms with Gasteiger partial charge in [-0.3, -0.25) is 4.79 Å². The number of fused-ring (bicyclic) bond motifs is 1. The molecule has 3 aromatic carbocycles. The Labute approximate surface area is 193 Å². The van der Waals surface area contributed by atoms with Crippen LogP contribution in [0, 0.1) is 6.92 Å². The number of allylic oxidation sites excluding steroid dienone is 1. The maximum absolute atomic E-state index is 12.8. The van der Waals surface area contributed by atoms with E-state index in [1.54, 1.807) is 61.5 Å². The molecule has 4 nitrogen and oxygen atoms in total. The average molecular weight is 474 g/mol. The van der Waals surface area contributed by atoms with Gasteiger partial charge in [0.15, 0.2) is 11.1 Å². The van der Waals surface area contributed by atoms with Crippen molar-refractivity contribution in [3.8, 4) is 11.5 Å². The maximum Gasteiger partial charge on any atom is 0.334 e. The van der Waals surface area contributed by atoms with Crippen molar-refractivity contribution in [1.29, 1.82) is 0 Å². The number of Topliss-reactive ketones (excluding diaryl/α,β-unsaturated/α-hetero) is 1. The minimum Gasteiger partial charge on any atom is -0.452 e. The van der Waals surface area contributed by atoms with Crippen LogP contribution in [-0.4, -0.2) is 11.8 Å². The molecule has 1 aliphatic heterocycles. The quantitative estimate of drug-likeness (QED) is 0.181. The summed E-state index contributed by atoms with van der Waals surface area (Å²) in [5, 5.41) is -0.172. The summed E-state index contributed by atoms with van der Waals surface area (Å²) in [5.74, 6) is -0.285. The highest BCUT2D eigenvalue weighted by atomic mass is 35.5. The molecule has 0 aromatic heterocycles.